The zero-order chi connectivity index (χ0) is 24.8. The number of hydrogen-bond donors (Lipinski definition) is 2. The summed E-state index contributed by atoms with van der Waals surface area (Å²) in [5.41, 5.74) is 6.47. The summed E-state index contributed by atoms with van der Waals surface area (Å²) in [6.45, 7) is 5.89. The van der Waals surface area contributed by atoms with E-state index < -0.39 is 5.60 Å². The summed E-state index contributed by atoms with van der Waals surface area (Å²) in [6, 6.07) is 11.8. The summed E-state index contributed by atoms with van der Waals surface area (Å²) >= 11 is 0. The van der Waals surface area contributed by atoms with Crippen molar-refractivity contribution in [2.45, 2.75) is 56.7 Å². The number of aromatic nitrogens is 2. The van der Waals surface area contributed by atoms with Crippen LogP contribution in [0.4, 0.5) is 0 Å². The summed E-state index contributed by atoms with van der Waals surface area (Å²) in [5, 5.41) is 11.1. The van der Waals surface area contributed by atoms with Crippen molar-refractivity contribution in [2.24, 2.45) is 5.73 Å². The Bertz CT molecular complexity index is 1080. The van der Waals surface area contributed by atoms with E-state index in [1.54, 1.807) is 0 Å². The summed E-state index contributed by atoms with van der Waals surface area (Å²) < 4.78 is 1.46. The quantitative estimate of drug-likeness (QED) is 0.599. The van der Waals surface area contributed by atoms with Gasteiger partial charge in [-0.2, -0.15) is 0 Å². The number of likely N-dealkylation sites (tertiary alicyclic amines) is 2. The topological polar surface area (TPSA) is 105 Å². The molecule has 188 valence electrons. The van der Waals surface area contributed by atoms with Gasteiger partial charge in [0.15, 0.2) is 0 Å². The third kappa shape index (κ3) is 6.87. The number of amides is 1. The van der Waals surface area contributed by atoms with Gasteiger partial charge in [-0.15, -0.1) is 0 Å². The monoisotopic (exact) mass is 479 g/mol. The van der Waals surface area contributed by atoms with Gasteiger partial charge in [0, 0.05) is 51.3 Å². The van der Waals surface area contributed by atoms with Crippen molar-refractivity contribution in [3.63, 3.8) is 0 Å². The fourth-order valence-electron chi connectivity index (χ4n) is 4.94. The number of nitrogens with zero attached hydrogens (tertiary/aromatic N) is 4. The van der Waals surface area contributed by atoms with Crippen LogP contribution < -0.4 is 11.3 Å². The van der Waals surface area contributed by atoms with Gasteiger partial charge in [-0.05, 0) is 36.8 Å². The molecule has 2 fully saturated rings. The summed E-state index contributed by atoms with van der Waals surface area (Å²) in [6.07, 6.45) is 7.70. The largest absolute Gasteiger partial charge is 0.388 e. The van der Waals surface area contributed by atoms with E-state index in [1.807, 2.05) is 47.4 Å². The molecule has 0 saturated carbocycles. The highest BCUT2D eigenvalue weighted by Crippen LogP contribution is 2.26. The molecular formula is C27H37N5O3. The molecule has 2 saturated heterocycles. The van der Waals surface area contributed by atoms with Crippen LogP contribution in [0.25, 0.3) is 6.08 Å². The molecule has 2 aromatic rings. The molecule has 0 aliphatic carbocycles. The number of piperidine rings is 1. The number of rotatable bonds is 8. The van der Waals surface area contributed by atoms with Crippen molar-refractivity contribution in [1.29, 1.82) is 0 Å². The zero-order valence-corrected chi connectivity index (χ0v) is 20.6. The molecule has 2 aliphatic heterocycles. The van der Waals surface area contributed by atoms with Crippen molar-refractivity contribution >= 4 is 12.0 Å². The Morgan fingerprint density at radius 1 is 1.26 bits per heavy atom. The molecule has 1 aromatic heterocycles. The number of hydrogen-bond acceptors (Lipinski definition) is 6. The Labute approximate surface area is 207 Å². The predicted octanol–water partition coefficient (Wildman–Crippen LogP) is 1.84. The maximum absolute atomic E-state index is 12.8. The number of benzene rings is 1. The molecule has 2 aliphatic rings. The van der Waals surface area contributed by atoms with Crippen molar-refractivity contribution in [2.75, 3.05) is 32.7 Å². The van der Waals surface area contributed by atoms with Gasteiger partial charge in [-0.1, -0.05) is 43.3 Å². The summed E-state index contributed by atoms with van der Waals surface area (Å²) in [5.74, 6) is 0.254. The standard InChI is InChI=1S/C27H37N5O3/c1-21(22-6-3-2-4-7-22)16-25(33)31-14-10-27(35,11-15-31)19-32-20-29-24(17-26(32)34)8-5-12-30-13-9-23(28)18-30/h2-8,17,20-21,23,35H,9-16,18-19,28H2,1H3/b8-5+/t21-,23+/m1/s1. The van der Waals surface area contributed by atoms with E-state index in [0.717, 1.165) is 31.6 Å². The molecule has 8 nitrogen and oxygen atoms in total. The molecule has 4 rings (SSSR count). The molecule has 3 heterocycles. The molecule has 1 aromatic carbocycles. The highest BCUT2D eigenvalue weighted by atomic mass is 16.3. The first-order valence-corrected chi connectivity index (χ1v) is 12.6. The van der Waals surface area contributed by atoms with Crippen LogP contribution in [0.15, 0.2) is 53.6 Å². The first-order chi connectivity index (χ1) is 16.8. The van der Waals surface area contributed by atoms with E-state index >= 15 is 0 Å². The lowest BCUT2D eigenvalue weighted by Gasteiger charge is -2.38. The summed E-state index contributed by atoms with van der Waals surface area (Å²) in [7, 11) is 0. The van der Waals surface area contributed by atoms with E-state index in [-0.39, 0.29) is 30.0 Å². The Kier molecular flexibility index (Phi) is 8.15. The number of aliphatic hydroxyl groups is 1. The third-order valence-electron chi connectivity index (χ3n) is 7.22. The Morgan fingerprint density at radius 3 is 2.66 bits per heavy atom. The van der Waals surface area contributed by atoms with Gasteiger partial charge in [0.1, 0.15) is 0 Å². The van der Waals surface area contributed by atoms with Crippen LogP contribution in [0.3, 0.4) is 0 Å². The van der Waals surface area contributed by atoms with Gasteiger partial charge in [0.2, 0.25) is 5.91 Å². The van der Waals surface area contributed by atoms with Crippen LogP contribution in [0.5, 0.6) is 0 Å². The second-order valence-corrected chi connectivity index (χ2v) is 10.1. The van der Waals surface area contributed by atoms with Crippen LogP contribution in [0, 0.1) is 0 Å². The van der Waals surface area contributed by atoms with Crippen LogP contribution in [-0.2, 0) is 11.3 Å². The van der Waals surface area contributed by atoms with Crippen LogP contribution >= 0.6 is 0 Å². The Hall–Kier alpha value is -2.81. The number of carbonyl (C=O) groups is 1. The van der Waals surface area contributed by atoms with Crippen molar-refractivity contribution in [1.82, 2.24) is 19.4 Å². The van der Waals surface area contributed by atoms with Gasteiger partial charge in [-0.25, -0.2) is 4.98 Å². The van der Waals surface area contributed by atoms with Crippen molar-refractivity contribution in [3.8, 4) is 0 Å². The van der Waals surface area contributed by atoms with Gasteiger partial charge < -0.3 is 15.7 Å². The van der Waals surface area contributed by atoms with Gasteiger partial charge in [0.25, 0.3) is 5.56 Å². The molecular weight excluding hydrogens is 442 g/mol. The van der Waals surface area contributed by atoms with Gasteiger partial charge in [-0.3, -0.25) is 19.1 Å². The second-order valence-electron chi connectivity index (χ2n) is 10.1. The van der Waals surface area contributed by atoms with Crippen LogP contribution in [-0.4, -0.2) is 74.7 Å². The average molecular weight is 480 g/mol. The molecule has 8 heteroatoms. The molecule has 1 amide bonds. The lowest BCUT2D eigenvalue weighted by molar-refractivity contribution is -0.136. The summed E-state index contributed by atoms with van der Waals surface area (Å²) in [4.78, 5) is 33.9. The highest BCUT2D eigenvalue weighted by Gasteiger charge is 2.34. The van der Waals surface area contributed by atoms with E-state index in [4.69, 9.17) is 5.73 Å². The molecule has 35 heavy (non-hydrogen) atoms. The fourth-order valence-corrected chi connectivity index (χ4v) is 4.94. The first-order valence-electron chi connectivity index (χ1n) is 12.6. The van der Waals surface area contributed by atoms with E-state index in [2.05, 4.69) is 16.8 Å². The van der Waals surface area contributed by atoms with Gasteiger partial charge in [0.05, 0.1) is 24.2 Å². The van der Waals surface area contributed by atoms with E-state index in [0.29, 0.717) is 38.0 Å². The third-order valence-corrected chi connectivity index (χ3v) is 7.22. The zero-order valence-electron chi connectivity index (χ0n) is 20.6. The predicted molar refractivity (Wildman–Crippen MR) is 137 cm³/mol. The number of carbonyl (C=O) groups excluding carboxylic acids is 1. The molecule has 0 unspecified atom stereocenters. The first kappa shape index (κ1) is 25.3. The van der Waals surface area contributed by atoms with Crippen molar-refractivity contribution < 1.29 is 9.90 Å². The van der Waals surface area contributed by atoms with Crippen LogP contribution in [0.1, 0.15) is 49.8 Å². The molecule has 0 radical (unpaired) electrons. The SMILES string of the molecule is C[C@H](CC(=O)N1CCC(O)(Cn2cnc(/C=C/CN3CC[C@H](N)C3)cc2=O)CC1)c1ccccc1. The number of nitrogens with two attached hydrogens (primary N) is 1. The van der Waals surface area contributed by atoms with Crippen molar-refractivity contribution in [3.05, 3.63) is 70.4 Å². The fraction of sp³-hybridized carbons (Fsp3) is 0.519. The Balaban J connectivity index is 1.27. The Morgan fingerprint density at radius 2 is 2.00 bits per heavy atom. The smallest absolute Gasteiger partial charge is 0.253 e. The van der Waals surface area contributed by atoms with Gasteiger partial charge >= 0.3 is 0 Å². The lowest BCUT2D eigenvalue weighted by Crippen LogP contribution is -2.49. The molecule has 2 atom stereocenters. The van der Waals surface area contributed by atoms with E-state index in [1.165, 1.54) is 17.0 Å². The molecule has 0 spiro atoms. The normalized spacial score (nSPS) is 21.5. The van der Waals surface area contributed by atoms with Crippen LogP contribution in [0.2, 0.25) is 0 Å². The minimum absolute atomic E-state index is 0.106. The molecule has 0 bridgehead atoms. The maximum Gasteiger partial charge on any atom is 0.253 e. The average Bonchev–Trinajstić information content (AvgIpc) is 3.26. The molecule has 3 N–H and O–H groups in total. The second kappa shape index (κ2) is 11.3. The minimum atomic E-state index is -1.03. The maximum atomic E-state index is 12.8. The minimum Gasteiger partial charge on any atom is -0.388 e. The lowest BCUT2D eigenvalue weighted by atomic mass is 9.90. The van der Waals surface area contributed by atoms with E-state index in [9.17, 15) is 14.7 Å². The highest BCUT2D eigenvalue weighted by molar-refractivity contribution is 5.77.